The molecule has 0 amide bonds. The van der Waals surface area contributed by atoms with Gasteiger partial charge in [0.05, 0.1) is 6.26 Å². The fourth-order valence-corrected chi connectivity index (χ4v) is 3.40. The van der Waals surface area contributed by atoms with E-state index in [0.29, 0.717) is 0 Å². The van der Waals surface area contributed by atoms with E-state index in [-0.39, 0.29) is 0 Å². The number of aryl methyl sites for hydroxylation is 1. The van der Waals surface area contributed by atoms with E-state index in [2.05, 4.69) is 6.07 Å². The van der Waals surface area contributed by atoms with Crippen molar-refractivity contribution in [3.63, 3.8) is 0 Å². The zero-order valence-electron chi connectivity index (χ0n) is 13.4. The van der Waals surface area contributed by atoms with Gasteiger partial charge >= 0.3 is 0 Å². The molecule has 0 N–H and O–H groups in total. The fourth-order valence-electron chi connectivity index (χ4n) is 2.84. The number of benzene rings is 2. The predicted octanol–water partition coefficient (Wildman–Crippen LogP) is 5.41. The molecule has 120 valence electrons. The average molecular weight is 336 g/mol. The second-order valence-corrected chi connectivity index (χ2v) is 7.13. The van der Waals surface area contributed by atoms with E-state index in [1.165, 1.54) is 0 Å². The van der Waals surface area contributed by atoms with Gasteiger partial charge < -0.3 is 8.83 Å². The molecule has 3 nitrogen and oxygen atoms in total. The predicted molar refractivity (Wildman–Crippen MR) is 96.4 cm³/mol. The highest BCUT2D eigenvalue weighted by Crippen LogP contribution is 2.34. The summed E-state index contributed by atoms with van der Waals surface area (Å²) in [6, 6.07) is 17.7. The fraction of sp³-hybridized carbons (Fsp3) is 0.100. The molecule has 4 aromatic rings. The van der Waals surface area contributed by atoms with Crippen molar-refractivity contribution in [3.05, 3.63) is 66.6 Å². The first kappa shape index (κ1) is 15.0. The molecule has 24 heavy (non-hydrogen) atoms. The Bertz CT molecular complexity index is 1060. The Morgan fingerprint density at radius 1 is 0.958 bits per heavy atom. The molecule has 0 saturated carbocycles. The van der Waals surface area contributed by atoms with Gasteiger partial charge in [-0.3, -0.25) is 4.21 Å². The first-order chi connectivity index (χ1) is 11.6. The Labute approximate surface area is 142 Å². The van der Waals surface area contributed by atoms with Crippen molar-refractivity contribution in [2.75, 3.05) is 6.26 Å². The van der Waals surface area contributed by atoms with E-state index in [4.69, 9.17) is 8.83 Å². The molecule has 1 unspecified atom stereocenters. The molecule has 0 aliphatic carbocycles. The number of fused-ring (bicyclic) bond motifs is 1. The minimum atomic E-state index is -1.01. The summed E-state index contributed by atoms with van der Waals surface area (Å²) in [7, 11) is -1.01. The lowest BCUT2D eigenvalue weighted by Gasteiger charge is -2.03. The van der Waals surface area contributed by atoms with Gasteiger partial charge in [-0.05, 0) is 55.0 Å². The third-order valence-corrected chi connectivity index (χ3v) is 4.99. The summed E-state index contributed by atoms with van der Waals surface area (Å²) in [5, 5.41) is 1.01. The highest BCUT2D eigenvalue weighted by molar-refractivity contribution is 7.84. The van der Waals surface area contributed by atoms with Crippen LogP contribution in [0.1, 0.15) is 5.76 Å². The van der Waals surface area contributed by atoms with E-state index in [9.17, 15) is 4.21 Å². The van der Waals surface area contributed by atoms with Gasteiger partial charge in [0.15, 0.2) is 0 Å². The standard InChI is InChI=1S/C20H16O3S/c1-13-6-8-19(23-13)15-7-9-20-17(11-15)18(12-22-20)14-4-3-5-16(10-14)24(2)21/h3-12H,1-2H3. The second kappa shape index (κ2) is 5.80. The van der Waals surface area contributed by atoms with Crippen molar-refractivity contribution in [2.45, 2.75) is 11.8 Å². The third kappa shape index (κ3) is 2.59. The normalized spacial score (nSPS) is 12.6. The monoisotopic (exact) mass is 336 g/mol. The molecule has 0 saturated heterocycles. The van der Waals surface area contributed by atoms with Crippen LogP contribution in [0.2, 0.25) is 0 Å². The van der Waals surface area contributed by atoms with Gasteiger partial charge in [-0.15, -0.1) is 0 Å². The maximum absolute atomic E-state index is 11.7. The Morgan fingerprint density at radius 3 is 2.58 bits per heavy atom. The van der Waals surface area contributed by atoms with Crippen molar-refractivity contribution < 1.29 is 13.0 Å². The molecule has 0 bridgehead atoms. The number of hydrogen-bond acceptors (Lipinski definition) is 3. The lowest BCUT2D eigenvalue weighted by Crippen LogP contribution is -1.87. The van der Waals surface area contributed by atoms with E-state index in [1.54, 1.807) is 12.5 Å². The van der Waals surface area contributed by atoms with Gasteiger partial charge in [0.25, 0.3) is 0 Å². The van der Waals surface area contributed by atoms with Crippen LogP contribution in [0, 0.1) is 6.92 Å². The van der Waals surface area contributed by atoms with Crippen LogP contribution in [-0.4, -0.2) is 10.5 Å². The summed E-state index contributed by atoms with van der Waals surface area (Å²) in [5.74, 6) is 1.72. The van der Waals surface area contributed by atoms with Crippen LogP contribution in [-0.2, 0) is 10.8 Å². The summed E-state index contributed by atoms with van der Waals surface area (Å²) < 4.78 is 23.2. The lowest BCUT2D eigenvalue weighted by molar-refractivity contribution is 0.548. The Balaban J connectivity index is 1.87. The maximum atomic E-state index is 11.7. The Kier molecular flexibility index (Phi) is 3.62. The highest BCUT2D eigenvalue weighted by Gasteiger charge is 2.12. The van der Waals surface area contributed by atoms with Gasteiger partial charge in [-0.25, -0.2) is 0 Å². The zero-order chi connectivity index (χ0) is 16.7. The number of rotatable bonds is 3. The topological polar surface area (TPSA) is 43.4 Å². The average Bonchev–Trinajstić information content (AvgIpc) is 3.20. The molecule has 2 heterocycles. The third-order valence-electron chi connectivity index (χ3n) is 4.08. The largest absolute Gasteiger partial charge is 0.464 e. The Hall–Kier alpha value is -2.59. The van der Waals surface area contributed by atoms with Crippen LogP contribution >= 0.6 is 0 Å². The van der Waals surface area contributed by atoms with Crippen molar-refractivity contribution in [1.82, 2.24) is 0 Å². The van der Waals surface area contributed by atoms with E-state index < -0.39 is 10.8 Å². The summed E-state index contributed by atoms with van der Waals surface area (Å²) in [6.07, 6.45) is 3.43. The van der Waals surface area contributed by atoms with Crippen LogP contribution in [0.5, 0.6) is 0 Å². The molecule has 0 aliphatic heterocycles. The summed E-state index contributed by atoms with van der Waals surface area (Å²) in [4.78, 5) is 0.805. The van der Waals surface area contributed by atoms with Gasteiger partial charge in [-0.2, -0.15) is 0 Å². The van der Waals surface area contributed by atoms with Gasteiger partial charge in [-0.1, -0.05) is 12.1 Å². The van der Waals surface area contributed by atoms with Crippen LogP contribution in [0.4, 0.5) is 0 Å². The summed E-state index contributed by atoms with van der Waals surface area (Å²) in [5.41, 5.74) is 3.81. The zero-order valence-corrected chi connectivity index (χ0v) is 14.2. The van der Waals surface area contributed by atoms with Gasteiger partial charge in [0.1, 0.15) is 17.1 Å². The molecule has 0 aliphatic rings. The second-order valence-electron chi connectivity index (χ2n) is 5.75. The van der Waals surface area contributed by atoms with E-state index >= 15 is 0 Å². The molecular weight excluding hydrogens is 320 g/mol. The molecule has 4 rings (SSSR count). The summed E-state index contributed by atoms with van der Waals surface area (Å²) in [6.45, 7) is 1.93. The molecule has 1 atom stereocenters. The van der Waals surface area contributed by atoms with Crippen LogP contribution in [0.25, 0.3) is 33.4 Å². The van der Waals surface area contributed by atoms with Crippen LogP contribution < -0.4 is 0 Å². The quantitative estimate of drug-likeness (QED) is 0.503. The van der Waals surface area contributed by atoms with E-state index in [0.717, 1.165) is 44.1 Å². The number of furan rings is 2. The van der Waals surface area contributed by atoms with Crippen molar-refractivity contribution in [3.8, 4) is 22.5 Å². The van der Waals surface area contributed by atoms with Crippen LogP contribution in [0.3, 0.4) is 0 Å². The first-order valence-corrected chi connectivity index (χ1v) is 9.19. The summed E-state index contributed by atoms with van der Waals surface area (Å²) >= 11 is 0. The highest BCUT2D eigenvalue weighted by atomic mass is 32.2. The molecule has 2 aromatic heterocycles. The van der Waals surface area contributed by atoms with Crippen molar-refractivity contribution >= 4 is 21.8 Å². The minimum Gasteiger partial charge on any atom is -0.464 e. The SMILES string of the molecule is Cc1ccc(-c2ccc3occ(-c4cccc(S(C)=O)c4)c3c2)o1. The minimum absolute atomic E-state index is 0.805. The van der Waals surface area contributed by atoms with Crippen molar-refractivity contribution in [1.29, 1.82) is 0 Å². The van der Waals surface area contributed by atoms with Crippen molar-refractivity contribution in [2.24, 2.45) is 0 Å². The lowest BCUT2D eigenvalue weighted by atomic mass is 10.0. The first-order valence-electron chi connectivity index (χ1n) is 7.64. The number of hydrogen-bond donors (Lipinski definition) is 0. The van der Waals surface area contributed by atoms with E-state index in [1.807, 2.05) is 55.5 Å². The van der Waals surface area contributed by atoms with Gasteiger partial charge in [0.2, 0.25) is 0 Å². The molecule has 0 fully saturated rings. The molecule has 2 aromatic carbocycles. The molecular formula is C20H16O3S. The maximum Gasteiger partial charge on any atom is 0.134 e. The molecule has 4 heteroatoms. The smallest absolute Gasteiger partial charge is 0.134 e. The molecule has 0 radical (unpaired) electrons. The molecule has 0 spiro atoms. The van der Waals surface area contributed by atoms with Gasteiger partial charge in [0, 0.05) is 38.5 Å². The Morgan fingerprint density at radius 2 is 1.83 bits per heavy atom. The van der Waals surface area contributed by atoms with Crippen LogP contribution in [0.15, 0.2) is 74.6 Å².